The van der Waals surface area contributed by atoms with Gasteiger partial charge in [-0.1, -0.05) is 19.8 Å². The first-order valence-corrected chi connectivity index (χ1v) is 7.17. The number of pyridine rings is 1. The number of hydrogen-bond donors (Lipinski definition) is 1. The molecule has 5 heteroatoms. The lowest BCUT2D eigenvalue weighted by Gasteiger charge is -2.35. The predicted molar refractivity (Wildman–Crippen MR) is 74.2 cm³/mol. The van der Waals surface area contributed by atoms with Gasteiger partial charge in [-0.25, -0.2) is 0 Å². The molecule has 18 heavy (non-hydrogen) atoms. The molecule has 0 spiro atoms. The fourth-order valence-corrected chi connectivity index (χ4v) is 3.34. The Morgan fingerprint density at radius 3 is 3.06 bits per heavy atom. The average molecular weight is 309 g/mol. The van der Waals surface area contributed by atoms with Crippen molar-refractivity contribution in [2.24, 2.45) is 11.7 Å². The summed E-state index contributed by atoms with van der Waals surface area (Å²) < 4.78 is 3.03. The van der Waals surface area contributed by atoms with E-state index in [1.165, 1.54) is 12.8 Å². The van der Waals surface area contributed by atoms with E-state index in [0.717, 1.165) is 28.8 Å². The number of nitrogens with two attached hydrogens (primary N) is 1. The first kappa shape index (κ1) is 12.1. The zero-order valence-electron chi connectivity index (χ0n) is 10.4. The van der Waals surface area contributed by atoms with Gasteiger partial charge >= 0.3 is 0 Å². The van der Waals surface area contributed by atoms with E-state index in [1.807, 2.05) is 22.7 Å². The van der Waals surface area contributed by atoms with Crippen LogP contribution in [0.25, 0.3) is 5.65 Å². The molecule has 2 aromatic rings. The van der Waals surface area contributed by atoms with E-state index in [1.54, 1.807) is 0 Å². The van der Waals surface area contributed by atoms with E-state index in [4.69, 9.17) is 5.73 Å². The molecule has 3 rings (SSSR count). The van der Waals surface area contributed by atoms with E-state index in [0.29, 0.717) is 5.92 Å². The van der Waals surface area contributed by atoms with Crippen LogP contribution in [0, 0.1) is 5.92 Å². The topological polar surface area (TPSA) is 56.2 Å². The van der Waals surface area contributed by atoms with E-state index in [9.17, 15) is 0 Å². The van der Waals surface area contributed by atoms with Crippen LogP contribution in [0.3, 0.4) is 0 Å². The van der Waals surface area contributed by atoms with Gasteiger partial charge in [0.25, 0.3) is 0 Å². The summed E-state index contributed by atoms with van der Waals surface area (Å²) in [5, 5.41) is 8.55. The summed E-state index contributed by atoms with van der Waals surface area (Å²) in [6.07, 6.45) is 6.41. The Morgan fingerprint density at radius 1 is 1.44 bits per heavy atom. The highest BCUT2D eigenvalue weighted by molar-refractivity contribution is 9.10. The van der Waals surface area contributed by atoms with Crippen molar-refractivity contribution in [3.05, 3.63) is 28.6 Å². The summed E-state index contributed by atoms with van der Waals surface area (Å²) in [6.45, 7) is 2.26. The van der Waals surface area contributed by atoms with E-state index in [-0.39, 0.29) is 5.54 Å². The summed E-state index contributed by atoms with van der Waals surface area (Å²) in [5.41, 5.74) is 7.11. The third kappa shape index (κ3) is 1.95. The monoisotopic (exact) mass is 308 g/mol. The van der Waals surface area contributed by atoms with E-state index >= 15 is 0 Å². The molecule has 2 unspecified atom stereocenters. The Balaban J connectivity index is 2.10. The molecule has 0 aromatic carbocycles. The highest BCUT2D eigenvalue weighted by Gasteiger charge is 2.36. The second kappa shape index (κ2) is 4.31. The van der Waals surface area contributed by atoms with Gasteiger partial charge in [-0.15, -0.1) is 10.2 Å². The lowest BCUT2D eigenvalue weighted by Crippen LogP contribution is -2.42. The van der Waals surface area contributed by atoms with Gasteiger partial charge in [-0.3, -0.25) is 4.40 Å². The summed E-state index contributed by atoms with van der Waals surface area (Å²) in [6, 6.07) is 3.93. The molecule has 0 aliphatic heterocycles. The maximum atomic E-state index is 6.59. The van der Waals surface area contributed by atoms with Crippen molar-refractivity contribution in [2.75, 3.05) is 0 Å². The van der Waals surface area contributed by atoms with Gasteiger partial charge in [0.2, 0.25) is 0 Å². The molecule has 0 radical (unpaired) electrons. The van der Waals surface area contributed by atoms with Gasteiger partial charge in [0.1, 0.15) is 0 Å². The number of hydrogen-bond acceptors (Lipinski definition) is 3. The molecule has 1 aliphatic carbocycles. The quantitative estimate of drug-likeness (QED) is 0.881. The van der Waals surface area contributed by atoms with Crippen LogP contribution in [0.15, 0.2) is 22.8 Å². The lowest BCUT2D eigenvalue weighted by molar-refractivity contribution is 0.226. The minimum atomic E-state index is -0.335. The van der Waals surface area contributed by atoms with Crippen molar-refractivity contribution in [1.82, 2.24) is 14.6 Å². The van der Waals surface area contributed by atoms with Gasteiger partial charge in [0.15, 0.2) is 11.5 Å². The van der Waals surface area contributed by atoms with Crippen molar-refractivity contribution in [3.8, 4) is 0 Å². The minimum Gasteiger partial charge on any atom is -0.319 e. The first-order valence-electron chi connectivity index (χ1n) is 6.38. The van der Waals surface area contributed by atoms with Crippen LogP contribution in [0.1, 0.15) is 38.4 Å². The van der Waals surface area contributed by atoms with E-state index in [2.05, 4.69) is 33.1 Å². The molecular formula is C13H17BrN4. The van der Waals surface area contributed by atoms with Crippen molar-refractivity contribution in [1.29, 1.82) is 0 Å². The number of rotatable bonds is 1. The predicted octanol–water partition coefficient (Wildman–Crippen LogP) is 2.86. The summed E-state index contributed by atoms with van der Waals surface area (Å²) in [5.74, 6) is 1.55. The summed E-state index contributed by atoms with van der Waals surface area (Å²) >= 11 is 3.49. The molecule has 2 aromatic heterocycles. The van der Waals surface area contributed by atoms with Crippen LogP contribution in [0.2, 0.25) is 0 Å². The molecule has 2 heterocycles. The third-order valence-electron chi connectivity index (χ3n) is 3.84. The normalized spacial score (nSPS) is 28.7. The molecule has 96 valence electrons. The molecule has 1 aliphatic rings. The summed E-state index contributed by atoms with van der Waals surface area (Å²) in [4.78, 5) is 0. The van der Waals surface area contributed by atoms with Gasteiger partial charge in [0, 0.05) is 10.7 Å². The summed E-state index contributed by atoms with van der Waals surface area (Å²) in [7, 11) is 0. The van der Waals surface area contributed by atoms with Crippen LogP contribution in [-0.4, -0.2) is 14.6 Å². The van der Waals surface area contributed by atoms with Gasteiger partial charge in [-0.2, -0.15) is 0 Å². The van der Waals surface area contributed by atoms with Gasteiger partial charge in [-0.05, 0) is 46.8 Å². The van der Waals surface area contributed by atoms with Crippen LogP contribution in [0.4, 0.5) is 0 Å². The largest absolute Gasteiger partial charge is 0.319 e. The first-order chi connectivity index (χ1) is 8.58. The molecule has 0 bridgehead atoms. The maximum Gasteiger partial charge on any atom is 0.160 e. The molecule has 2 atom stereocenters. The number of halogens is 1. The Kier molecular flexibility index (Phi) is 2.90. The molecule has 0 saturated heterocycles. The Morgan fingerprint density at radius 2 is 2.28 bits per heavy atom. The molecule has 4 nitrogen and oxygen atoms in total. The second-order valence-corrected chi connectivity index (χ2v) is 6.37. The number of nitrogens with zero attached hydrogens (tertiary/aromatic N) is 3. The van der Waals surface area contributed by atoms with Gasteiger partial charge < -0.3 is 5.73 Å². The molecule has 1 saturated carbocycles. The zero-order valence-corrected chi connectivity index (χ0v) is 12.0. The van der Waals surface area contributed by atoms with Crippen molar-refractivity contribution in [2.45, 2.75) is 38.1 Å². The molecule has 0 amide bonds. The lowest BCUT2D eigenvalue weighted by atomic mass is 9.76. The van der Waals surface area contributed by atoms with Crippen LogP contribution >= 0.6 is 15.9 Å². The third-order valence-corrected chi connectivity index (χ3v) is 4.31. The standard InChI is InChI=1S/C13H17BrN4/c1-9-3-2-6-13(15,7-9)12-17-16-11-5-4-10(14)8-18(11)12/h4-5,8-9H,2-3,6-7,15H2,1H3. The fourth-order valence-electron chi connectivity index (χ4n) is 3.00. The SMILES string of the molecule is CC1CCCC(N)(c2nnc3ccc(Br)cn23)C1. The smallest absolute Gasteiger partial charge is 0.160 e. The maximum absolute atomic E-state index is 6.59. The number of fused-ring (bicyclic) bond motifs is 1. The van der Waals surface area contributed by atoms with Crippen LogP contribution < -0.4 is 5.73 Å². The molecule has 2 N–H and O–H groups in total. The minimum absolute atomic E-state index is 0.335. The second-order valence-electron chi connectivity index (χ2n) is 5.46. The molecular weight excluding hydrogens is 292 g/mol. The van der Waals surface area contributed by atoms with Crippen LogP contribution in [-0.2, 0) is 5.54 Å². The Bertz CT molecular complexity index is 579. The van der Waals surface area contributed by atoms with Gasteiger partial charge in [0.05, 0.1) is 5.54 Å². The van der Waals surface area contributed by atoms with Crippen molar-refractivity contribution < 1.29 is 0 Å². The van der Waals surface area contributed by atoms with E-state index < -0.39 is 0 Å². The average Bonchev–Trinajstić information content (AvgIpc) is 2.72. The highest BCUT2D eigenvalue weighted by atomic mass is 79.9. The molecule has 1 fully saturated rings. The van der Waals surface area contributed by atoms with Crippen molar-refractivity contribution >= 4 is 21.6 Å². The fraction of sp³-hybridized carbons (Fsp3) is 0.538. The Hall–Kier alpha value is -0.940. The Labute approximate surface area is 115 Å². The van der Waals surface area contributed by atoms with Crippen molar-refractivity contribution in [3.63, 3.8) is 0 Å². The highest BCUT2D eigenvalue weighted by Crippen LogP contribution is 2.37. The van der Waals surface area contributed by atoms with Crippen LogP contribution in [0.5, 0.6) is 0 Å². The zero-order chi connectivity index (χ0) is 12.8. The number of aromatic nitrogens is 3.